The standard InChI is InChI=1S/C11H14BrClO2/c1-14-9-4-5-11(10(12)8-9)15-7-3-2-6-13/h4-5,8H,2-3,6-7H2,1H3. The Labute approximate surface area is 104 Å². The molecular formula is C11H14BrClO2. The maximum atomic E-state index is 5.58. The molecule has 0 amide bonds. The van der Waals surface area contributed by atoms with Crippen LogP contribution in [0.2, 0.25) is 0 Å². The van der Waals surface area contributed by atoms with Crippen molar-refractivity contribution in [3.63, 3.8) is 0 Å². The van der Waals surface area contributed by atoms with Crippen molar-refractivity contribution in [3.05, 3.63) is 22.7 Å². The number of hydrogen-bond acceptors (Lipinski definition) is 2. The van der Waals surface area contributed by atoms with Gasteiger partial charge in [0.15, 0.2) is 0 Å². The van der Waals surface area contributed by atoms with E-state index in [0.29, 0.717) is 12.5 Å². The molecule has 0 spiro atoms. The summed E-state index contributed by atoms with van der Waals surface area (Å²) in [5.41, 5.74) is 0. The van der Waals surface area contributed by atoms with Crippen molar-refractivity contribution < 1.29 is 9.47 Å². The van der Waals surface area contributed by atoms with E-state index in [-0.39, 0.29) is 0 Å². The average molecular weight is 294 g/mol. The molecule has 1 rings (SSSR count). The van der Waals surface area contributed by atoms with Gasteiger partial charge in [-0.25, -0.2) is 0 Å². The number of hydrogen-bond donors (Lipinski definition) is 0. The smallest absolute Gasteiger partial charge is 0.133 e. The van der Waals surface area contributed by atoms with Gasteiger partial charge in [-0.05, 0) is 47.0 Å². The molecule has 0 saturated carbocycles. The molecule has 0 radical (unpaired) electrons. The molecular weight excluding hydrogens is 279 g/mol. The third-order valence-corrected chi connectivity index (χ3v) is 2.81. The van der Waals surface area contributed by atoms with Crippen LogP contribution in [0.25, 0.3) is 0 Å². The first-order valence-corrected chi connectivity index (χ1v) is 6.13. The fourth-order valence-electron chi connectivity index (χ4n) is 1.10. The minimum absolute atomic E-state index is 0.688. The molecule has 0 N–H and O–H groups in total. The van der Waals surface area contributed by atoms with Gasteiger partial charge in [0.25, 0.3) is 0 Å². The van der Waals surface area contributed by atoms with Crippen molar-refractivity contribution in [2.75, 3.05) is 19.6 Å². The first kappa shape index (κ1) is 12.7. The van der Waals surface area contributed by atoms with E-state index < -0.39 is 0 Å². The van der Waals surface area contributed by atoms with E-state index >= 15 is 0 Å². The summed E-state index contributed by atoms with van der Waals surface area (Å²) in [4.78, 5) is 0. The van der Waals surface area contributed by atoms with Gasteiger partial charge in [0.2, 0.25) is 0 Å². The van der Waals surface area contributed by atoms with E-state index in [9.17, 15) is 0 Å². The lowest BCUT2D eigenvalue weighted by molar-refractivity contribution is 0.307. The van der Waals surface area contributed by atoms with E-state index in [1.807, 2.05) is 18.2 Å². The number of benzene rings is 1. The lowest BCUT2D eigenvalue weighted by Gasteiger charge is -2.08. The van der Waals surface area contributed by atoms with Crippen LogP contribution in [0.1, 0.15) is 12.8 Å². The van der Waals surface area contributed by atoms with Crippen LogP contribution >= 0.6 is 27.5 Å². The van der Waals surface area contributed by atoms with E-state index in [1.165, 1.54) is 0 Å². The zero-order valence-electron chi connectivity index (χ0n) is 8.63. The van der Waals surface area contributed by atoms with Gasteiger partial charge < -0.3 is 9.47 Å². The third-order valence-electron chi connectivity index (χ3n) is 1.92. The Morgan fingerprint density at radius 1 is 1.33 bits per heavy atom. The van der Waals surface area contributed by atoms with Gasteiger partial charge in [-0.15, -0.1) is 11.6 Å². The topological polar surface area (TPSA) is 18.5 Å². The summed E-state index contributed by atoms with van der Waals surface area (Å²) in [5, 5.41) is 0. The lowest BCUT2D eigenvalue weighted by atomic mass is 10.3. The molecule has 0 aliphatic heterocycles. The number of rotatable bonds is 6. The minimum Gasteiger partial charge on any atom is -0.497 e. The largest absolute Gasteiger partial charge is 0.497 e. The van der Waals surface area contributed by atoms with Crippen molar-refractivity contribution in [3.8, 4) is 11.5 Å². The molecule has 84 valence electrons. The Morgan fingerprint density at radius 3 is 2.73 bits per heavy atom. The highest BCUT2D eigenvalue weighted by molar-refractivity contribution is 9.10. The Kier molecular flexibility index (Phi) is 5.88. The Balaban J connectivity index is 2.47. The Bertz CT molecular complexity index is 305. The highest BCUT2D eigenvalue weighted by Gasteiger charge is 2.02. The summed E-state index contributed by atoms with van der Waals surface area (Å²) >= 11 is 9.00. The van der Waals surface area contributed by atoms with Crippen LogP contribution < -0.4 is 9.47 Å². The predicted molar refractivity (Wildman–Crippen MR) is 66.1 cm³/mol. The van der Waals surface area contributed by atoms with Gasteiger partial charge in [0.1, 0.15) is 11.5 Å². The SMILES string of the molecule is COc1ccc(OCCCCCl)c(Br)c1. The van der Waals surface area contributed by atoms with Crippen LogP contribution in [0.4, 0.5) is 0 Å². The van der Waals surface area contributed by atoms with E-state index in [2.05, 4.69) is 15.9 Å². The van der Waals surface area contributed by atoms with Crippen molar-refractivity contribution in [2.45, 2.75) is 12.8 Å². The second-order valence-electron chi connectivity index (χ2n) is 3.04. The molecule has 2 nitrogen and oxygen atoms in total. The van der Waals surface area contributed by atoms with Crippen LogP contribution in [-0.4, -0.2) is 19.6 Å². The normalized spacial score (nSPS) is 10.1. The fourth-order valence-corrected chi connectivity index (χ4v) is 1.77. The van der Waals surface area contributed by atoms with Crippen LogP contribution in [0.5, 0.6) is 11.5 Å². The van der Waals surface area contributed by atoms with Crippen LogP contribution in [0.3, 0.4) is 0 Å². The number of methoxy groups -OCH3 is 1. The number of halogens is 2. The zero-order chi connectivity index (χ0) is 11.1. The maximum Gasteiger partial charge on any atom is 0.133 e. The first-order chi connectivity index (χ1) is 7.27. The van der Waals surface area contributed by atoms with Crippen molar-refractivity contribution in [2.24, 2.45) is 0 Å². The number of ether oxygens (including phenoxy) is 2. The lowest BCUT2D eigenvalue weighted by Crippen LogP contribution is -1.98. The van der Waals surface area contributed by atoms with Crippen molar-refractivity contribution in [1.82, 2.24) is 0 Å². The van der Waals surface area contributed by atoms with Gasteiger partial charge in [-0.1, -0.05) is 0 Å². The molecule has 1 aromatic carbocycles. The Morgan fingerprint density at radius 2 is 2.13 bits per heavy atom. The summed E-state index contributed by atoms with van der Waals surface area (Å²) < 4.78 is 11.6. The molecule has 0 aromatic heterocycles. The van der Waals surface area contributed by atoms with Crippen molar-refractivity contribution >= 4 is 27.5 Å². The summed E-state index contributed by atoms with van der Waals surface area (Å²) in [7, 11) is 1.64. The monoisotopic (exact) mass is 292 g/mol. The van der Waals surface area contributed by atoms with Gasteiger partial charge in [0.05, 0.1) is 18.2 Å². The fraction of sp³-hybridized carbons (Fsp3) is 0.455. The summed E-state index contributed by atoms with van der Waals surface area (Å²) in [6.07, 6.45) is 1.96. The molecule has 1 aromatic rings. The van der Waals surface area contributed by atoms with Crippen LogP contribution in [0.15, 0.2) is 22.7 Å². The molecule has 4 heteroatoms. The summed E-state index contributed by atoms with van der Waals surface area (Å²) in [5.74, 6) is 2.34. The second kappa shape index (κ2) is 6.96. The second-order valence-corrected chi connectivity index (χ2v) is 4.27. The highest BCUT2D eigenvalue weighted by Crippen LogP contribution is 2.29. The van der Waals surface area contributed by atoms with E-state index in [0.717, 1.165) is 28.8 Å². The maximum absolute atomic E-state index is 5.58. The summed E-state index contributed by atoms with van der Waals surface area (Å²) in [6.45, 7) is 0.692. The molecule has 0 fully saturated rings. The quantitative estimate of drug-likeness (QED) is 0.586. The number of alkyl halides is 1. The van der Waals surface area contributed by atoms with Gasteiger partial charge in [-0.2, -0.15) is 0 Å². The minimum atomic E-state index is 0.688. The average Bonchev–Trinajstić information content (AvgIpc) is 2.26. The molecule has 0 bridgehead atoms. The first-order valence-electron chi connectivity index (χ1n) is 4.80. The van der Waals surface area contributed by atoms with Gasteiger partial charge in [-0.3, -0.25) is 0 Å². The van der Waals surface area contributed by atoms with Crippen LogP contribution in [0, 0.1) is 0 Å². The molecule has 0 atom stereocenters. The molecule has 0 aliphatic rings. The van der Waals surface area contributed by atoms with Crippen LogP contribution in [-0.2, 0) is 0 Å². The highest BCUT2D eigenvalue weighted by atomic mass is 79.9. The van der Waals surface area contributed by atoms with Crippen molar-refractivity contribution in [1.29, 1.82) is 0 Å². The molecule has 0 heterocycles. The summed E-state index contributed by atoms with van der Waals surface area (Å²) in [6, 6.07) is 5.65. The zero-order valence-corrected chi connectivity index (χ0v) is 11.0. The molecule has 15 heavy (non-hydrogen) atoms. The third kappa shape index (κ3) is 4.31. The van der Waals surface area contributed by atoms with E-state index in [1.54, 1.807) is 7.11 Å². The van der Waals surface area contributed by atoms with Gasteiger partial charge >= 0.3 is 0 Å². The predicted octanol–water partition coefficient (Wildman–Crippen LogP) is 3.86. The Hall–Kier alpha value is -0.410. The van der Waals surface area contributed by atoms with E-state index in [4.69, 9.17) is 21.1 Å². The van der Waals surface area contributed by atoms with Gasteiger partial charge in [0, 0.05) is 5.88 Å². The molecule has 0 saturated heterocycles. The number of unbranched alkanes of at least 4 members (excludes halogenated alkanes) is 1. The molecule has 0 aliphatic carbocycles. The molecule has 0 unspecified atom stereocenters.